The fraction of sp³-hybridized carbons (Fsp3) is 0.185. The van der Waals surface area contributed by atoms with E-state index in [0.717, 1.165) is 11.4 Å². The summed E-state index contributed by atoms with van der Waals surface area (Å²) < 4.78 is 13.0. The van der Waals surface area contributed by atoms with E-state index < -0.39 is 18.0 Å². The Hall–Kier alpha value is -4.46. The molecule has 0 aliphatic heterocycles. The third kappa shape index (κ3) is 5.55. The minimum Gasteiger partial charge on any atom is -0.492 e. The maximum atomic E-state index is 13.2. The van der Waals surface area contributed by atoms with Crippen molar-refractivity contribution >= 4 is 17.6 Å². The van der Waals surface area contributed by atoms with Crippen LogP contribution in [0.5, 0.6) is 5.75 Å². The van der Waals surface area contributed by atoms with Crippen LogP contribution in [0.2, 0.25) is 0 Å². The van der Waals surface area contributed by atoms with Gasteiger partial charge in [0.1, 0.15) is 5.75 Å². The van der Waals surface area contributed by atoms with Crippen molar-refractivity contribution in [1.29, 1.82) is 0 Å². The summed E-state index contributed by atoms with van der Waals surface area (Å²) in [4.78, 5) is 30.6. The predicted molar refractivity (Wildman–Crippen MR) is 132 cm³/mol. The summed E-state index contributed by atoms with van der Waals surface area (Å²) >= 11 is 0. The van der Waals surface area contributed by atoms with Crippen LogP contribution >= 0.6 is 0 Å². The van der Waals surface area contributed by atoms with E-state index in [9.17, 15) is 9.59 Å². The molecule has 178 valence electrons. The molecule has 35 heavy (non-hydrogen) atoms. The standard InChI is InChI=1S/C27H26N4O4/c1-4-34-23-13-9-8-12-22(23)29-26(32)25(20-10-6-5-7-11-20)35-27(33)21-14-15-24(28-17-21)31-19(3)16-18(2)30-31/h5-17,25H,4H2,1-3H3,(H,29,32). The zero-order chi connectivity index (χ0) is 24.8. The number of anilines is 1. The van der Waals surface area contributed by atoms with Crippen molar-refractivity contribution in [3.05, 3.63) is 102 Å². The van der Waals surface area contributed by atoms with Crippen LogP contribution in [0.1, 0.15) is 40.3 Å². The highest BCUT2D eigenvalue weighted by Gasteiger charge is 2.27. The summed E-state index contributed by atoms with van der Waals surface area (Å²) in [6.45, 7) is 6.14. The van der Waals surface area contributed by atoms with E-state index in [1.54, 1.807) is 59.3 Å². The lowest BCUT2D eigenvalue weighted by Gasteiger charge is -2.19. The van der Waals surface area contributed by atoms with E-state index in [4.69, 9.17) is 9.47 Å². The van der Waals surface area contributed by atoms with Gasteiger partial charge in [0.25, 0.3) is 5.91 Å². The van der Waals surface area contributed by atoms with Crippen LogP contribution in [0.4, 0.5) is 5.69 Å². The number of ether oxygens (including phenoxy) is 2. The van der Waals surface area contributed by atoms with Crippen molar-refractivity contribution in [1.82, 2.24) is 14.8 Å². The molecule has 4 rings (SSSR count). The molecular formula is C27H26N4O4. The van der Waals surface area contributed by atoms with Crippen LogP contribution in [0.3, 0.4) is 0 Å². The number of aryl methyl sites for hydroxylation is 2. The lowest BCUT2D eigenvalue weighted by atomic mass is 10.1. The molecule has 0 saturated heterocycles. The van der Waals surface area contributed by atoms with E-state index in [2.05, 4.69) is 15.4 Å². The van der Waals surface area contributed by atoms with Crippen LogP contribution in [0.25, 0.3) is 5.82 Å². The maximum absolute atomic E-state index is 13.2. The zero-order valence-electron chi connectivity index (χ0n) is 19.8. The molecular weight excluding hydrogens is 444 g/mol. The predicted octanol–water partition coefficient (Wildman–Crippen LogP) is 4.82. The molecule has 0 saturated carbocycles. The van der Waals surface area contributed by atoms with Gasteiger partial charge in [-0.15, -0.1) is 0 Å². The number of esters is 1. The molecule has 4 aromatic rings. The fourth-order valence-electron chi connectivity index (χ4n) is 3.62. The number of carbonyl (C=O) groups excluding carboxylic acids is 2. The Bertz CT molecular complexity index is 1320. The molecule has 0 aliphatic rings. The molecule has 1 amide bonds. The lowest BCUT2D eigenvalue weighted by Crippen LogP contribution is -2.26. The average molecular weight is 471 g/mol. The number of hydrogen-bond donors (Lipinski definition) is 1. The lowest BCUT2D eigenvalue weighted by molar-refractivity contribution is -0.125. The van der Waals surface area contributed by atoms with Crippen LogP contribution < -0.4 is 10.1 Å². The van der Waals surface area contributed by atoms with Gasteiger partial charge in [-0.25, -0.2) is 14.5 Å². The van der Waals surface area contributed by atoms with E-state index in [0.29, 0.717) is 29.4 Å². The zero-order valence-corrected chi connectivity index (χ0v) is 19.8. The molecule has 2 aromatic heterocycles. The van der Waals surface area contributed by atoms with Crippen LogP contribution in [0.15, 0.2) is 79.0 Å². The second-order valence-electron chi connectivity index (χ2n) is 7.86. The van der Waals surface area contributed by atoms with Crippen molar-refractivity contribution in [2.24, 2.45) is 0 Å². The fourth-order valence-corrected chi connectivity index (χ4v) is 3.62. The van der Waals surface area contributed by atoms with Crippen LogP contribution in [-0.2, 0) is 9.53 Å². The highest BCUT2D eigenvalue weighted by molar-refractivity contribution is 5.98. The highest BCUT2D eigenvalue weighted by atomic mass is 16.5. The van der Waals surface area contributed by atoms with Crippen LogP contribution in [-0.4, -0.2) is 33.2 Å². The number of carbonyl (C=O) groups is 2. The quantitative estimate of drug-likeness (QED) is 0.371. The molecule has 1 atom stereocenters. The number of benzene rings is 2. The summed E-state index contributed by atoms with van der Waals surface area (Å²) in [5.74, 6) is -0.0501. The molecule has 0 radical (unpaired) electrons. The van der Waals surface area contributed by atoms with Gasteiger partial charge in [-0.1, -0.05) is 42.5 Å². The van der Waals surface area contributed by atoms with Gasteiger partial charge in [-0.05, 0) is 51.1 Å². The Morgan fingerprint density at radius 3 is 2.40 bits per heavy atom. The molecule has 0 fully saturated rings. The van der Waals surface area contributed by atoms with Gasteiger partial charge in [-0.3, -0.25) is 4.79 Å². The minimum atomic E-state index is -1.17. The number of aromatic nitrogens is 3. The van der Waals surface area contributed by atoms with Gasteiger partial charge >= 0.3 is 5.97 Å². The van der Waals surface area contributed by atoms with E-state index >= 15 is 0 Å². The van der Waals surface area contributed by atoms with Gasteiger partial charge < -0.3 is 14.8 Å². The number of hydrogen-bond acceptors (Lipinski definition) is 6. The highest BCUT2D eigenvalue weighted by Crippen LogP contribution is 2.27. The second kappa shape index (κ2) is 10.6. The van der Waals surface area contributed by atoms with Gasteiger partial charge in [-0.2, -0.15) is 5.10 Å². The van der Waals surface area contributed by atoms with Crippen molar-refractivity contribution in [2.75, 3.05) is 11.9 Å². The van der Waals surface area contributed by atoms with Gasteiger partial charge in [0.15, 0.2) is 5.82 Å². The maximum Gasteiger partial charge on any atom is 0.340 e. The smallest absolute Gasteiger partial charge is 0.340 e. The van der Waals surface area contributed by atoms with Gasteiger partial charge in [0.2, 0.25) is 6.10 Å². The number of nitrogens with zero attached hydrogens (tertiary/aromatic N) is 3. The number of rotatable bonds is 8. The van der Waals surface area contributed by atoms with E-state index in [-0.39, 0.29) is 5.56 Å². The third-order valence-corrected chi connectivity index (χ3v) is 5.22. The van der Waals surface area contributed by atoms with Gasteiger partial charge in [0, 0.05) is 17.5 Å². The van der Waals surface area contributed by atoms with Crippen molar-refractivity contribution in [2.45, 2.75) is 26.9 Å². The normalized spacial score (nSPS) is 11.5. The summed E-state index contributed by atoms with van der Waals surface area (Å²) in [6, 6.07) is 21.2. The first-order valence-corrected chi connectivity index (χ1v) is 11.2. The Kier molecular flexibility index (Phi) is 7.21. The summed E-state index contributed by atoms with van der Waals surface area (Å²) in [5, 5.41) is 7.22. The molecule has 0 bridgehead atoms. The minimum absolute atomic E-state index is 0.221. The van der Waals surface area contributed by atoms with Crippen LogP contribution in [0, 0.1) is 13.8 Å². The average Bonchev–Trinajstić information content (AvgIpc) is 3.22. The number of pyridine rings is 1. The molecule has 2 aromatic carbocycles. The number of amides is 1. The number of para-hydroxylation sites is 2. The number of nitrogens with one attached hydrogen (secondary N) is 1. The Balaban J connectivity index is 1.56. The Morgan fingerprint density at radius 2 is 1.74 bits per heavy atom. The first kappa shape index (κ1) is 23.7. The van der Waals surface area contributed by atoms with Crippen molar-refractivity contribution < 1.29 is 19.1 Å². The molecule has 8 heteroatoms. The van der Waals surface area contributed by atoms with Gasteiger partial charge in [0.05, 0.1) is 23.6 Å². The molecule has 0 spiro atoms. The third-order valence-electron chi connectivity index (χ3n) is 5.22. The summed E-state index contributed by atoms with van der Waals surface area (Å²) in [7, 11) is 0. The van der Waals surface area contributed by atoms with E-state index in [1.807, 2.05) is 39.0 Å². The second-order valence-corrected chi connectivity index (χ2v) is 7.86. The topological polar surface area (TPSA) is 95.3 Å². The van der Waals surface area contributed by atoms with E-state index in [1.165, 1.54) is 6.20 Å². The molecule has 1 unspecified atom stereocenters. The molecule has 1 N–H and O–H groups in total. The van der Waals surface area contributed by atoms with Crippen molar-refractivity contribution in [3.63, 3.8) is 0 Å². The SMILES string of the molecule is CCOc1ccccc1NC(=O)C(OC(=O)c1ccc(-n2nc(C)cc2C)nc1)c1ccccc1. The molecule has 0 aliphatic carbocycles. The molecule has 8 nitrogen and oxygen atoms in total. The first-order chi connectivity index (χ1) is 17.0. The van der Waals surface area contributed by atoms with Crippen molar-refractivity contribution in [3.8, 4) is 11.6 Å². The Morgan fingerprint density at radius 1 is 1.00 bits per heavy atom. The monoisotopic (exact) mass is 470 g/mol. The Labute approximate surface area is 203 Å². The first-order valence-electron chi connectivity index (χ1n) is 11.2. The summed E-state index contributed by atoms with van der Waals surface area (Å²) in [5.41, 5.74) is 3.05. The summed E-state index contributed by atoms with van der Waals surface area (Å²) in [6.07, 6.45) is 0.243. The molecule has 2 heterocycles. The largest absolute Gasteiger partial charge is 0.492 e.